The zero-order valence-electron chi connectivity index (χ0n) is 18.2. The van der Waals surface area contributed by atoms with Gasteiger partial charge in [0.15, 0.2) is 0 Å². The molecule has 0 bridgehead atoms. The van der Waals surface area contributed by atoms with Crippen molar-refractivity contribution in [1.29, 1.82) is 0 Å². The molecular weight excluding hydrogens is 439 g/mol. The van der Waals surface area contributed by atoms with Gasteiger partial charge in [-0.3, -0.25) is 9.59 Å². The quantitative estimate of drug-likeness (QED) is 0.510. The molecule has 2 aliphatic rings. The molecule has 5 nitrogen and oxygen atoms in total. The van der Waals surface area contributed by atoms with E-state index in [-0.39, 0.29) is 30.1 Å². The molecule has 1 atom stereocenters. The number of fused-ring (bicyclic) bond motifs is 1. The number of hydrogen-bond donors (Lipinski definition) is 0. The summed E-state index contributed by atoms with van der Waals surface area (Å²) in [6.07, 6.45) is 2.46. The second-order valence-corrected chi connectivity index (χ2v) is 9.42. The lowest BCUT2D eigenvalue weighted by Crippen LogP contribution is -2.48. The number of hydrogen-bond acceptors (Lipinski definition) is 4. The fourth-order valence-electron chi connectivity index (χ4n) is 4.35. The van der Waals surface area contributed by atoms with Crippen LogP contribution in [0.25, 0.3) is 0 Å². The van der Waals surface area contributed by atoms with Crippen LogP contribution in [0.15, 0.2) is 66.0 Å². The molecule has 2 aromatic carbocycles. The molecule has 0 unspecified atom stereocenters. The highest BCUT2D eigenvalue weighted by atomic mass is 32.1. The minimum atomic E-state index is -0.560. The molecule has 7 heteroatoms. The average Bonchev–Trinajstić information content (AvgIpc) is 3.57. The molecule has 2 heterocycles. The van der Waals surface area contributed by atoms with Crippen molar-refractivity contribution >= 4 is 23.2 Å². The molecule has 0 spiro atoms. The maximum absolute atomic E-state index is 14.3. The summed E-state index contributed by atoms with van der Waals surface area (Å²) in [5, 5.41) is 2.05. The molecule has 1 aliphatic heterocycles. The molecule has 0 N–H and O–H groups in total. The van der Waals surface area contributed by atoms with Gasteiger partial charge < -0.3 is 14.5 Å². The molecule has 1 aromatic heterocycles. The fraction of sp³-hybridized carbons (Fsp3) is 0.308. The third-order valence-electron chi connectivity index (χ3n) is 6.22. The Morgan fingerprint density at radius 1 is 1.06 bits per heavy atom. The van der Waals surface area contributed by atoms with Crippen LogP contribution in [0.1, 0.15) is 39.7 Å². The summed E-state index contributed by atoms with van der Waals surface area (Å²) in [6.45, 7) is 0.852. The number of rotatable bonds is 7. The SMILES string of the molecule is O=C(c1ccccc1F)N(CC(=O)N1CCc2sccc2[C@H]1COc1ccccc1)C1CC1. The van der Waals surface area contributed by atoms with E-state index in [1.165, 1.54) is 17.0 Å². The zero-order valence-corrected chi connectivity index (χ0v) is 19.0. The summed E-state index contributed by atoms with van der Waals surface area (Å²) in [5.41, 5.74) is 1.12. The van der Waals surface area contributed by atoms with E-state index in [2.05, 4.69) is 6.07 Å². The smallest absolute Gasteiger partial charge is 0.257 e. The van der Waals surface area contributed by atoms with E-state index in [1.54, 1.807) is 28.4 Å². The summed E-state index contributed by atoms with van der Waals surface area (Å²) in [7, 11) is 0. The number of ether oxygens (including phenoxy) is 1. The molecule has 1 fully saturated rings. The normalized spacial score (nSPS) is 17.4. The van der Waals surface area contributed by atoms with Crippen molar-refractivity contribution in [2.45, 2.75) is 31.3 Å². The molecule has 0 saturated heterocycles. The van der Waals surface area contributed by atoms with Gasteiger partial charge >= 0.3 is 0 Å². The van der Waals surface area contributed by atoms with Gasteiger partial charge in [-0.05, 0) is 60.5 Å². The van der Waals surface area contributed by atoms with Crippen molar-refractivity contribution in [3.8, 4) is 5.75 Å². The first kappa shape index (κ1) is 21.6. The maximum Gasteiger partial charge on any atom is 0.257 e. The van der Waals surface area contributed by atoms with Crippen LogP contribution in [0, 0.1) is 5.82 Å². The third kappa shape index (κ3) is 4.64. The number of amides is 2. The van der Waals surface area contributed by atoms with E-state index in [0.29, 0.717) is 13.2 Å². The molecule has 33 heavy (non-hydrogen) atoms. The van der Waals surface area contributed by atoms with Crippen molar-refractivity contribution in [3.05, 3.63) is 87.9 Å². The van der Waals surface area contributed by atoms with Gasteiger partial charge in [0.2, 0.25) is 5.91 Å². The van der Waals surface area contributed by atoms with Gasteiger partial charge in [-0.2, -0.15) is 0 Å². The monoisotopic (exact) mass is 464 g/mol. The van der Waals surface area contributed by atoms with Gasteiger partial charge in [0.25, 0.3) is 5.91 Å². The Labute approximate surface area is 196 Å². The van der Waals surface area contributed by atoms with Gasteiger partial charge in [0.05, 0.1) is 11.6 Å². The van der Waals surface area contributed by atoms with Crippen molar-refractivity contribution < 1.29 is 18.7 Å². The Hall–Kier alpha value is -3.19. The van der Waals surface area contributed by atoms with E-state index < -0.39 is 11.7 Å². The van der Waals surface area contributed by atoms with Crippen molar-refractivity contribution in [1.82, 2.24) is 9.80 Å². The molecule has 0 radical (unpaired) electrons. The topological polar surface area (TPSA) is 49.9 Å². The van der Waals surface area contributed by atoms with E-state index in [9.17, 15) is 14.0 Å². The Morgan fingerprint density at radius 3 is 2.58 bits per heavy atom. The van der Waals surface area contributed by atoms with Crippen LogP contribution < -0.4 is 4.74 Å². The van der Waals surface area contributed by atoms with Gasteiger partial charge in [-0.1, -0.05) is 30.3 Å². The molecule has 170 valence electrons. The Balaban J connectivity index is 1.35. The van der Waals surface area contributed by atoms with Crippen LogP contribution in [-0.4, -0.2) is 47.4 Å². The Morgan fingerprint density at radius 2 is 1.82 bits per heavy atom. The van der Waals surface area contributed by atoms with Crippen LogP contribution in [0.4, 0.5) is 4.39 Å². The van der Waals surface area contributed by atoms with Gasteiger partial charge in [0, 0.05) is 17.5 Å². The first-order chi connectivity index (χ1) is 16.1. The molecule has 5 rings (SSSR count). The largest absolute Gasteiger partial charge is 0.491 e. The van der Waals surface area contributed by atoms with Crippen LogP contribution >= 0.6 is 11.3 Å². The second-order valence-electron chi connectivity index (χ2n) is 8.42. The highest BCUT2D eigenvalue weighted by Gasteiger charge is 2.38. The van der Waals surface area contributed by atoms with Crippen LogP contribution in [0.3, 0.4) is 0 Å². The van der Waals surface area contributed by atoms with Gasteiger partial charge in [-0.15, -0.1) is 11.3 Å². The standard InChI is InChI=1S/C26H25FN2O3S/c27-22-9-5-4-8-20(22)26(31)29(18-10-11-18)16-25(30)28-14-12-24-21(13-15-33-24)23(28)17-32-19-6-2-1-3-7-19/h1-9,13,15,18,23H,10-12,14,16-17H2/t23-/m1/s1. The predicted molar refractivity (Wildman–Crippen MR) is 125 cm³/mol. The second kappa shape index (κ2) is 9.35. The molecule has 1 saturated carbocycles. The molecule has 3 aromatic rings. The van der Waals surface area contributed by atoms with Crippen molar-refractivity contribution in [2.75, 3.05) is 19.7 Å². The summed E-state index contributed by atoms with van der Waals surface area (Å²) >= 11 is 1.70. The van der Waals surface area contributed by atoms with E-state index in [0.717, 1.165) is 30.6 Å². The molecule has 1 aliphatic carbocycles. The number of carbonyl (C=O) groups excluding carboxylic acids is 2. The zero-order chi connectivity index (χ0) is 22.8. The maximum atomic E-state index is 14.3. The van der Waals surface area contributed by atoms with Crippen molar-refractivity contribution in [2.24, 2.45) is 0 Å². The summed E-state index contributed by atoms with van der Waals surface area (Å²) in [5.74, 6) is -0.364. The lowest BCUT2D eigenvalue weighted by molar-refractivity contribution is -0.135. The number of carbonyl (C=O) groups is 2. The number of benzene rings is 2. The Kier molecular flexibility index (Phi) is 6.13. The number of thiophene rings is 1. The lowest BCUT2D eigenvalue weighted by Gasteiger charge is -2.37. The summed E-state index contributed by atoms with van der Waals surface area (Å²) in [4.78, 5) is 31.2. The minimum absolute atomic E-state index is 0.0124. The molecule has 2 amide bonds. The average molecular weight is 465 g/mol. The van der Waals surface area contributed by atoms with Crippen LogP contribution in [0.2, 0.25) is 0 Å². The number of nitrogens with zero attached hydrogens (tertiary/aromatic N) is 2. The van der Waals surface area contributed by atoms with E-state index in [1.807, 2.05) is 40.6 Å². The molecular formula is C26H25FN2O3S. The van der Waals surface area contributed by atoms with Crippen LogP contribution in [0.5, 0.6) is 5.75 Å². The predicted octanol–water partition coefficient (Wildman–Crippen LogP) is 4.70. The fourth-order valence-corrected chi connectivity index (χ4v) is 5.27. The lowest BCUT2D eigenvalue weighted by atomic mass is 10.0. The third-order valence-corrected chi connectivity index (χ3v) is 7.22. The number of para-hydroxylation sites is 1. The number of halogens is 1. The highest BCUT2D eigenvalue weighted by molar-refractivity contribution is 7.10. The summed E-state index contributed by atoms with van der Waals surface area (Å²) in [6, 6.07) is 17.3. The van der Waals surface area contributed by atoms with Gasteiger partial charge in [-0.25, -0.2) is 4.39 Å². The highest BCUT2D eigenvalue weighted by Crippen LogP contribution is 2.35. The van der Waals surface area contributed by atoms with E-state index in [4.69, 9.17) is 4.74 Å². The van der Waals surface area contributed by atoms with Crippen molar-refractivity contribution in [3.63, 3.8) is 0 Å². The first-order valence-electron chi connectivity index (χ1n) is 11.2. The summed E-state index contributed by atoms with van der Waals surface area (Å²) < 4.78 is 20.3. The first-order valence-corrected chi connectivity index (χ1v) is 12.1. The minimum Gasteiger partial charge on any atom is -0.491 e. The Bertz CT molecular complexity index is 1150. The van der Waals surface area contributed by atoms with E-state index >= 15 is 0 Å². The van der Waals surface area contributed by atoms with Gasteiger partial charge in [0.1, 0.15) is 24.7 Å². The van der Waals surface area contributed by atoms with Crippen LogP contribution in [-0.2, 0) is 11.2 Å².